The molecule has 0 aliphatic carbocycles. The SMILES string of the molecule is CCCCCCOP(=O)(CCN(CCCN)CCCN)OCCCCCCCCCCCCCCOP(=O)(CCN(CCCN)CCCN)OCCCCCC.Cl.Cl.Cl.Cl.Cl.Cl. The maximum atomic E-state index is 13.7. The summed E-state index contributed by atoms with van der Waals surface area (Å²) in [5, 5.41) is 0. The number of nitrogens with zero attached hydrogens (tertiary/aromatic N) is 2. The molecule has 8 N–H and O–H groups in total. The third-order valence-electron chi connectivity index (χ3n) is 10.3. The fourth-order valence-corrected chi connectivity index (χ4v) is 9.99. The summed E-state index contributed by atoms with van der Waals surface area (Å²) in [4.78, 5) is 4.60. The van der Waals surface area contributed by atoms with Gasteiger partial charge in [-0.1, -0.05) is 117 Å². The van der Waals surface area contributed by atoms with Crippen molar-refractivity contribution in [3.8, 4) is 0 Å². The zero-order valence-electron chi connectivity index (χ0n) is 39.3. The lowest BCUT2D eigenvalue weighted by Crippen LogP contribution is -2.31. The van der Waals surface area contributed by atoms with E-state index in [-0.39, 0.29) is 74.4 Å². The molecule has 386 valence electrons. The van der Waals surface area contributed by atoms with E-state index in [0.717, 1.165) is 116 Å². The van der Waals surface area contributed by atoms with Crippen molar-refractivity contribution in [1.82, 2.24) is 9.80 Å². The average Bonchev–Trinajstić information content (AvgIpc) is 3.20. The molecule has 0 aromatic heterocycles. The number of rotatable bonds is 47. The Morgan fingerprint density at radius 3 is 0.742 bits per heavy atom. The van der Waals surface area contributed by atoms with Crippen LogP contribution in [0.4, 0.5) is 0 Å². The molecule has 20 heteroatoms. The third kappa shape index (κ3) is 51.2. The molecule has 12 nitrogen and oxygen atoms in total. The van der Waals surface area contributed by atoms with Gasteiger partial charge in [0.05, 0.1) is 38.8 Å². The van der Waals surface area contributed by atoms with Crippen LogP contribution in [0.15, 0.2) is 0 Å². The Morgan fingerprint density at radius 2 is 0.532 bits per heavy atom. The van der Waals surface area contributed by atoms with Crippen LogP contribution in [-0.4, -0.2) is 114 Å². The molecule has 0 aliphatic rings. The number of halogens is 6. The lowest BCUT2D eigenvalue weighted by Gasteiger charge is -2.25. The zero-order chi connectivity index (χ0) is 41.3. The second-order valence-electron chi connectivity index (χ2n) is 15.6. The predicted octanol–water partition coefficient (Wildman–Crippen LogP) is 11.8. The van der Waals surface area contributed by atoms with E-state index >= 15 is 0 Å². The molecular formula is C42H100Cl6N6O6P2. The van der Waals surface area contributed by atoms with Gasteiger partial charge in [-0.3, -0.25) is 9.13 Å². The van der Waals surface area contributed by atoms with Crippen LogP contribution in [0.1, 0.15) is 168 Å². The highest BCUT2D eigenvalue weighted by Gasteiger charge is 2.26. The third-order valence-corrected chi connectivity index (χ3v) is 14.1. The van der Waals surface area contributed by atoms with E-state index < -0.39 is 15.2 Å². The van der Waals surface area contributed by atoms with Crippen molar-refractivity contribution in [2.45, 2.75) is 168 Å². The van der Waals surface area contributed by atoms with E-state index in [1.807, 2.05) is 0 Å². The maximum absolute atomic E-state index is 13.7. The molecule has 0 heterocycles. The molecule has 0 rings (SSSR count). The first kappa shape index (κ1) is 78.0. The largest absolute Gasteiger partial charge is 0.331 e. The average molecular weight is 1060 g/mol. The standard InChI is InChI=1S/C42H94N6O6P2.6ClH/c1-3-5-7-19-37-51-55(49,41-35-47(31-23-27-43)32-24-28-44)53-39-21-17-15-13-11-9-10-12-14-16-18-22-40-54-56(50,52-38-20-8-6-4-2)42-36-48(33-25-29-45)34-26-30-46;;;;;;/h3-46H2,1-2H3;6*1H. The summed E-state index contributed by atoms with van der Waals surface area (Å²) in [6.07, 6.45) is 27.2. The molecule has 0 aromatic rings. The Morgan fingerprint density at radius 1 is 0.323 bits per heavy atom. The lowest BCUT2D eigenvalue weighted by atomic mass is 10.1. The van der Waals surface area contributed by atoms with Gasteiger partial charge >= 0.3 is 15.2 Å². The molecule has 0 aliphatic heterocycles. The van der Waals surface area contributed by atoms with Crippen molar-refractivity contribution in [3.63, 3.8) is 0 Å². The minimum atomic E-state index is -3.14. The van der Waals surface area contributed by atoms with E-state index in [1.165, 1.54) is 64.2 Å². The molecule has 0 saturated heterocycles. The summed E-state index contributed by atoms with van der Waals surface area (Å²) in [6, 6.07) is 0. The zero-order valence-corrected chi connectivity index (χ0v) is 46.0. The van der Waals surface area contributed by atoms with Gasteiger partial charge in [-0.25, -0.2) is 0 Å². The van der Waals surface area contributed by atoms with E-state index in [4.69, 9.17) is 41.0 Å². The highest BCUT2D eigenvalue weighted by molar-refractivity contribution is 7.54. The van der Waals surface area contributed by atoms with Crippen molar-refractivity contribution in [3.05, 3.63) is 0 Å². The number of hydrogen-bond donors (Lipinski definition) is 4. The van der Waals surface area contributed by atoms with Gasteiger partial charge in [-0.2, -0.15) is 0 Å². The summed E-state index contributed by atoms with van der Waals surface area (Å²) < 4.78 is 51.3. The molecule has 62 heavy (non-hydrogen) atoms. The fourth-order valence-electron chi connectivity index (χ4n) is 6.64. The first-order valence-corrected chi connectivity index (χ1v) is 26.8. The molecule has 0 bridgehead atoms. The van der Waals surface area contributed by atoms with E-state index in [2.05, 4.69) is 23.6 Å². The topological polar surface area (TPSA) is 182 Å². The van der Waals surface area contributed by atoms with Gasteiger partial charge in [0.15, 0.2) is 0 Å². The van der Waals surface area contributed by atoms with Crippen LogP contribution in [0.3, 0.4) is 0 Å². The minimum Gasteiger partial charge on any atom is -0.330 e. The van der Waals surface area contributed by atoms with Crippen molar-refractivity contribution < 1.29 is 27.2 Å². The maximum Gasteiger partial charge on any atom is 0.331 e. The number of hydrogen-bond acceptors (Lipinski definition) is 12. The van der Waals surface area contributed by atoms with Crippen LogP contribution in [0.2, 0.25) is 0 Å². The van der Waals surface area contributed by atoms with Crippen molar-refractivity contribution >= 4 is 89.6 Å². The van der Waals surface area contributed by atoms with Crippen LogP contribution in [0.5, 0.6) is 0 Å². The summed E-state index contributed by atoms with van der Waals surface area (Å²) in [6.45, 7) is 13.9. The summed E-state index contributed by atoms with van der Waals surface area (Å²) in [7, 11) is -6.28. The molecule has 0 aromatic carbocycles. The predicted molar refractivity (Wildman–Crippen MR) is 283 cm³/mol. The van der Waals surface area contributed by atoms with E-state index in [0.29, 0.717) is 78.0 Å². The molecular weight excluding hydrogens is 959 g/mol. The van der Waals surface area contributed by atoms with E-state index in [9.17, 15) is 9.13 Å². The van der Waals surface area contributed by atoms with Crippen LogP contribution >= 0.6 is 89.6 Å². The van der Waals surface area contributed by atoms with E-state index in [1.54, 1.807) is 0 Å². The van der Waals surface area contributed by atoms with Crippen LogP contribution in [0.25, 0.3) is 0 Å². The van der Waals surface area contributed by atoms with Gasteiger partial charge < -0.3 is 50.8 Å². The smallest absolute Gasteiger partial charge is 0.330 e. The normalized spacial score (nSPS) is 12.8. The highest BCUT2D eigenvalue weighted by Crippen LogP contribution is 2.49. The minimum absolute atomic E-state index is 0. The van der Waals surface area contributed by atoms with Crippen molar-refractivity contribution in [1.29, 1.82) is 0 Å². The molecule has 0 saturated carbocycles. The summed E-state index contributed by atoms with van der Waals surface area (Å²) >= 11 is 0. The van der Waals surface area contributed by atoms with Gasteiger partial charge in [0, 0.05) is 13.1 Å². The van der Waals surface area contributed by atoms with Gasteiger partial charge in [0.2, 0.25) is 0 Å². The summed E-state index contributed by atoms with van der Waals surface area (Å²) in [5.41, 5.74) is 23.0. The fraction of sp³-hybridized carbons (Fsp3) is 1.00. The summed E-state index contributed by atoms with van der Waals surface area (Å²) in [5.74, 6) is 0. The quantitative estimate of drug-likeness (QED) is 0.0335. The number of unbranched alkanes of at least 4 members (excludes halogenated alkanes) is 17. The van der Waals surface area contributed by atoms with Gasteiger partial charge in [-0.05, 0) is 104 Å². The Hall–Kier alpha value is 1.80. The Labute approximate surface area is 419 Å². The Bertz CT molecular complexity index is 854. The number of nitrogens with two attached hydrogens (primary N) is 4. The van der Waals surface area contributed by atoms with Gasteiger partial charge in [0.25, 0.3) is 0 Å². The second-order valence-corrected chi connectivity index (χ2v) is 20.0. The molecule has 2 unspecified atom stereocenters. The lowest BCUT2D eigenvalue weighted by molar-refractivity contribution is 0.190. The second kappa shape index (κ2) is 58.9. The Kier molecular flexibility index (Phi) is 74.1. The molecule has 0 spiro atoms. The van der Waals surface area contributed by atoms with Gasteiger partial charge in [-0.15, -0.1) is 74.4 Å². The van der Waals surface area contributed by atoms with Crippen LogP contribution < -0.4 is 22.9 Å². The Balaban J connectivity index is -0.00000101. The van der Waals surface area contributed by atoms with Crippen molar-refractivity contribution in [2.24, 2.45) is 22.9 Å². The molecule has 0 fully saturated rings. The molecule has 0 radical (unpaired) electrons. The molecule has 2 atom stereocenters. The first-order chi connectivity index (χ1) is 27.3. The van der Waals surface area contributed by atoms with Crippen molar-refractivity contribution in [2.75, 3.05) is 104 Å². The van der Waals surface area contributed by atoms with Crippen LogP contribution in [-0.2, 0) is 27.2 Å². The monoisotopic (exact) mass is 1060 g/mol. The first-order valence-electron chi connectivity index (χ1n) is 23.3. The van der Waals surface area contributed by atoms with Crippen LogP contribution in [0, 0.1) is 0 Å². The highest BCUT2D eigenvalue weighted by atomic mass is 35.5. The molecule has 0 amide bonds. The van der Waals surface area contributed by atoms with Gasteiger partial charge in [0.1, 0.15) is 0 Å².